The van der Waals surface area contributed by atoms with Crippen LogP contribution in [0.1, 0.15) is 17.2 Å². The SMILES string of the molecule is Cc1cc(C)n(C[C@@H]2CN(Cc3nc4ccccc4n3C)CCO2)n1. The van der Waals surface area contributed by atoms with Crippen molar-refractivity contribution in [3.63, 3.8) is 0 Å². The Morgan fingerprint density at radius 2 is 2.08 bits per heavy atom. The maximum atomic E-state index is 5.97. The number of aryl methyl sites for hydroxylation is 3. The average molecular weight is 339 g/mol. The van der Waals surface area contributed by atoms with Crippen molar-refractivity contribution in [3.8, 4) is 0 Å². The third-order valence-corrected chi connectivity index (χ3v) is 4.95. The van der Waals surface area contributed by atoms with Gasteiger partial charge in [0.15, 0.2) is 0 Å². The van der Waals surface area contributed by atoms with Gasteiger partial charge >= 0.3 is 0 Å². The molecule has 6 nitrogen and oxygen atoms in total. The van der Waals surface area contributed by atoms with Gasteiger partial charge in [-0.25, -0.2) is 4.98 Å². The van der Waals surface area contributed by atoms with Gasteiger partial charge in [0.05, 0.1) is 42.5 Å². The van der Waals surface area contributed by atoms with Gasteiger partial charge in [-0.3, -0.25) is 9.58 Å². The Morgan fingerprint density at radius 3 is 2.84 bits per heavy atom. The second-order valence-corrected chi connectivity index (χ2v) is 6.91. The van der Waals surface area contributed by atoms with Crippen LogP contribution in [-0.2, 0) is 24.9 Å². The number of aromatic nitrogens is 4. The normalized spacial score (nSPS) is 18.9. The molecule has 0 bridgehead atoms. The number of hydrogen-bond donors (Lipinski definition) is 0. The number of hydrogen-bond acceptors (Lipinski definition) is 4. The fourth-order valence-corrected chi connectivity index (χ4v) is 3.62. The lowest BCUT2D eigenvalue weighted by Gasteiger charge is -2.32. The van der Waals surface area contributed by atoms with E-state index in [2.05, 4.69) is 57.5 Å². The summed E-state index contributed by atoms with van der Waals surface area (Å²) in [5, 5.41) is 4.56. The summed E-state index contributed by atoms with van der Waals surface area (Å²) in [6.07, 6.45) is 0.168. The average Bonchev–Trinajstić information content (AvgIpc) is 3.07. The molecule has 6 heteroatoms. The van der Waals surface area contributed by atoms with Crippen molar-refractivity contribution in [2.45, 2.75) is 33.0 Å². The summed E-state index contributed by atoms with van der Waals surface area (Å²) in [6.45, 7) is 8.39. The number of imidazole rings is 1. The zero-order valence-electron chi connectivity index (χ0n) is 15.1. The number of fused-ring (bicyclic) bond motifs is 1. The van der Waals surface area contributed by atoms with E-state index in [-0.39, 0.29) is 6.10 Å². The molecule has 0 amide bonds. The lowest BCUT2D eigenvalue weighted by Crippen LogP contribution is -2.44. The van der Waals surface area contributed by atoms with Crippen LogP contribution in [-0.4, -0.2) is 50.0 Å². The molecule has 0 radical (unpaired) electrons. The third-order valence-electron chi connectivity index (χ3n) is 4.95. The smallest absolute Gasteiger partial charge is 0.123 e. The third kappa shape index (κ3) is 3.32. The van der Waals surface area contributed by atoms with Crippen molar-refractivity contribution in [1.82, 2.24) is 24.2 Å². The molecule has 0 unspecified atom stereocenters. The van der Waals surface area contributed by atoms with Gasteiger partial charge in [0, 0.05) is 25.8 Å². The lowest BCUT2D eigenvalue weighted by atomic mass is 10.2. The molecule has 0 spiro atoms. The summed E-state index contributed by atoms with van der Waals surface area (Å²) in [6, 6.07) is 10.4. The predicted molar refractivity (Wildman–Crippen MR) is 97.4 cm³/mol. The van der Waals surface area contributed by atoms with Gasteiger partial charge in [-0.05, 0) is 32.0 Å². The van der Waals surface area contributed by atoms with E-state index in [1.165, 1.54) is 11.2 Å². The Labute approximate surface area is 148 Å². The first-order chi connectivity index (χ1) is 12.1. The summed E-state index contributed by atoms with van der Waals surface area (Å²) >= 11 is 0. The largest absolute Gasteiger partial charge is 0.374 e. The van der Waals surface area contributed by atoms with Gasteiger partial charge in [0.1, 0.15) is 5.82 Å². The molecule has 132 valence electrons. The van der Waals surface area contributed by atoms with E-state index in [1.54, 1.807) is 0 Å². The predicted octanol–water partition coefficient (Wildman–Crippen LogP) is 2.29. The minimum absolute atomic E-state index is 0.168. The number of benzene rings is 1. The fourth-order valence-electron chi connectivity index (χ4n) is 3.62. The van der Waals surface area contributed by atoms with Gasteiger partial charge in [-0.1, -0.05) is 12.1 Å². The van der Waals surface area contributed by atoms with E-state index in [9.17, 15) is 0 Å². The Balaban J connectivity index is 1.45. The number of ether oxygens (including phenoxy) is 1. The van der Waals surface area contributed by atoms with Gasteiger partial charge in [-0.2, -0.15) is 5.10 Å². The standard InChI is InChI=1S/C19H25N5O/c1-14-10-15(2)24(21-14)12-16-11-23(8-9-25-16)13-19-20-17-6-4-5-7-18(17)22(19)3/h4-7,10,16H,8-9,11-13H2,1-3H3/t16-/m0/s1. The van der Waals surface area contributed by atoms with Crippen LogP contribution >= 0.6 is 0 Å². The number of morpholine rings is 1. The zero-order valence-corrected chi connectivity index (χ0v) is 15.1. The molecule has 1 atom stereocenters. The van der Waals surface area contributed by atoms with Crippen molar-refractivity contribution in [2.75, 3.05) is 19.7 Å². The van der Waals surface area contributed by atoms with Crippen molar-refractivity contribution >= 4 is 11.0 Å². The first-order valence-corrected chi connectivity index (χ1v) is 8.85. The molecule has 25 heavy (non-hydrogen) atoms. The number of para-hydroxylation sites is 2. The molecule has 4 rings (SSSR count). The van der Waals surface area contributed by atoms with E-state index in [0.29, 0.717) is 0 Å². The minimum atomic E-state index is 0.168. The highest BCUT2D eigenvalue weighted by Gasteiger charge is 2.23. The molecule has 3 heterocycles. The van der Waals surface area contributed by atoms with E-state index in [1.807, 2.05) is 13.0 Å². The quantitative estimate of drug-likeness (QED) is 0.732. The monoisotopic (exact) mass is 339 g/mol. The summed E-state index contributed by atoms with van der Waals surface area (Å²) < 4.78 is 10.2. The van der Waals surface area contributed by atoms with Crippen LogP contribution in [0.3, 0.4) is 0 Å². The topological polar surface area (TPSA) is 48.1 Å². The Hall–Kier alpha value is -2.18. The molecule has 3 aromatic rings. The van der Waals surface area contributed by atoms with Crippen LogP contribution in [0, 0.1) is 13.8 Å². The van der Waals surface area contributed by atoms with E-state index < -0.39 is 0 Å². The molecule has 0 N–H and O–H groups in total. The first-order valence-electron chi connectivity index (χ1n) is 8.85. The molecule has 1 aromatic carbocycles. The number of rotatable bonds is 4. The highest BCUT2D eigenvalue weighted by atomic mass is 16.5. The molecule has 1 aliphatic rings. The van der Waals surface area contributed by atoms with Crippen LogP contribution < -0.4 is 0 Å². The maximum absolute atomic E-state index is 5.97. The van der Waals surface area contributed by atoms with Crippen molar-refractivity contribution in [1.29, 1.82) is 0 Å². The van der Waals surface area contributed by atoms with Gasteiger partial charge < -0.3 is 9.30 Å². The molecule has 0 saturated carbocycles. The molecule has 1 aliphatic heterocycles. The van der Waals surface area contributed by atoms with E-state index in [4.69, 9.17) is 9.72 Å². The fraction of sp³-hybridized carbons (Fsp3) is 0.474. The molecule has 2 aromatic heterocycles. The highest BCUT2D eigenvalue weighted by Crippen LogP contribution is 2.17. The maximum Gasteiger partial charge on any atom is 0.123 e. The summed E-state index contributed by atoms with van der Waals surface area (Å²) in [5.74, 6) is 1.10. The summed E-state index contributed by atoms with van der Waals surface area (Å²) in [5.41, 5.74) is 4.50. The van der Waals surface area contributed by atoms with Crippen molar-refractivity contribution < 1.29 is 4.74 Å². The van der Waals surface area contributed by atoms with E-state index in [0.717, 1.165) is 49.8 Å². The summed E-state index contributed by atoms with van der Waals surface area (Å²) in [4.78, 5) is 7.23. The lowest BCUT2D eigenvalue weighted by molar-refractivity contribution is -0.0413. The van der Waals surface area contributed by atoms with Crippen LogP contribution in [0.15, 0.2) is 30.3 Å². The first kappa shape index (κ1) is 16.3. The van der Waals surface area contributed by atoms with Crippen LogP contribution in [0.2, 0.25) is 0 Å². The second-order valence-electron chi connectivity index (χ2n) is 6.91. The highest BCUT2D eigenvalue weighted by molar-refractivity contribution is 5.75. The van der Waals surface area contributed by atoms with Crippen LogP contribution in [0.25, 0.3) is 11.0 Å². The molecule has 0 aliphatic carbocycles. The molecule has 1 fully saturated rings. The summed E-state index contributed by atoms with van der Waals surface area (Å²) in [7, 11) is 2.10. The van der Waals surface area contributed by atoms with Crippen molar-refractivity contribution in [2.24, 2.45) is 7.05 Å². The molecule has 1 saturated heterocycles. The molecular weight excluding hydrogens is 314 g/mol. The Morgan fingerprint density at radius 1 is 1.24 bits per heavy atom. The van der Waals surface area contributed by atoms with Gasteiger partial charge in [0.2, 0.25) is 0 Å². The second kappa shape index (κ2) is 6.61. The van der Waals surface area contributed by atoms with Gasteiger partial charge in [0.25, 0.3) is 0 Å². The van der Waals surface area contributed by atoms with E-state index >= 15 is 0 Å². The van der Waals surface area contributed by atoms with Crippen LogP contribution in [0.4, 0.5) is 0 Å². The van der Waals surface area contributed by atoms with Crippen molar-refractivity contribution in [3.05, 3.63) is 47.5 Å². The van der Waals surface area contributed by atoms with Gasteiger partial charge in [-0.15, -0.1) is 0 Å². The minimum Gasteiger partial charge on any atom is -0.374 e. The Kier molecular flexibility index (Phi) is 4.31. The van der Waals surface area contributed by atoms with Crippen LogP contribution in [0.5, 0.6) is 0 Å². The molecular formula is C19H25N5O. The number of nitrogens with zero attached hydrogens (tertiary/aromatic N) is 5. The Bertz CT molecular complexity index is 881. The zero-order chi connectivity index (χ0) is 17.4.